The molecule has 6 aromatic rings. The van der Waals surface area contributed by atoms with Crippen molar-refractivity contribution in [3.05, 3.63) is 96.0 Å². The molecule has 2 aliphatic rings. The number of hydrogen-bond acceptors (Lipinski definition) is 9. The number of fused-ring (bicyclic) bond motifs is 5. The van der Waals surface area contributed by atoms with Gasteiger partial charge in [0.1, 0.15) is 0 Å². The van der Waals surface area contributed by atoms with E-state index in [0.717, 1.165) is 23.0 Å². The van der Waals surface area contributed by atoms with Crippen molar-refractivity contribution in [1.29, 1.82) is 0 Å². The van der Waals surface area contributed by atoms with Crippen LogP contribution < -0.4 is 20.3 Å². The third-order valence-corrected chi connectivity index (χ3v) is 16.3. The Hall–Kier alpha value is -4.97. The van der Waals surface area contributed by atoms with Crippen LogP contribution in [-0.4, -0.2) is 70.1 Å². The number of carbonyl (C=O) groups excluding carboxylic acids is 1. The molecule has 1 saturated heterocycles. The van der Waals surface area contributed by atoms with Crippen LogP contribution in [0.2, 0.25) is 5.02 Å². The number of amides is 1. The molecule has 300 valence electrons. The zero-order chi connectivity index (χ0) is 40.9. The molecule has 0 radical (unpaired) electrons. The van der Waals surface area contributed by atoms with E-state index in [1.165, 1.54) is 43.2 Å². The van der Waals surface area contributed by atoms with Gasteiger partial charge in [0.15, 0.2) is 5.82 Å². The van der Waals surface area contributed by atoms with E-state index in [1.807, 2.05) is 0 Å². The number of methoxy groups -OCH3 is 1. The van der Waals surface area contributed by atoms with Crippen molar-refractivity contribution in [3.63, 3.8) is 0 Å². The molecule has 2 N–H and O–H groups in total. The van der Waals surface area contributed by atoms with Crippen LogP contribution in [0.15, 0.2) is 47.4 Å². The summed E-state index contributed by atoms with van der Waals surface area (Å²) < 4.78 is 122. The van der Waals surface area contributed by atoms with Gasteiger partial charge >= 0.3 is 249 Å². The summed E-state index contributed by atoms with van der Waals surface area (Å²) in [6.07, 6.45) is -1.49. The minimum atomic E-state index is -3.90. The fourth-order valence-electron chi connectivity index (χ4n) is 6.98. The zero-order valence-corrected chi connectivity index (χ0v) is 33.2. The van der Waals surface area contributed by atoms with Gasteiger partial charge in [0.25, 0.3) is 0 Å². The number of rotatable bonds is 11. The van der Waals surface area contributed by atoms with Crippen molar-refractivity contribution in [2.45, 2.75) is 35.3 Å². The first kappa shape index (κ1) is 38.9. The number of carbonyl (C=O) groups is 1. The van der Waals surface area contributed by atoms with Crippen molar-refractivity contribution in [1.82, 2.24) is 39.4 Å². The molecule has 2 aliphatic heterocycles. The zero-order valence-electron chi connectivity index (χ0n) is 29.5. The van der Waals surface area contributed by atoms with Gasteiger partial charge in [-0.3, -0.25) is 4.72 Å². The van der Waals surface area contributed by atoms with E-state index < -0.39 is 99.6 Å². The maximum atomic E-state index is 15.4. The number of hydrogen-bond donors (Lipinski definition) is 2. The van der Waals surface area contributed by atoms with E-state index in [4.69, 9.17) is 16.3 Å². The summed E-state index contributed by atoms with van der Waals surface area (Å²) in [6, 6.07) is 5.13. The fraction of sp³-hybridized carbons (Fsp3) is 0.294. The summed E-state index contributed by atoms with van der Waals surface area (Å²) in [4.78, 5) is 37.5. The Morgan fingerprint density at radius 2 is 1.86 bits per heavy atom. The van der Waals surface area contributed by atoms with Gasteiger partial charge in [-0.05, 0) is 0 Å². The number of sulfonamides is 1. The average Bonchev–Trinajstić information content (AvgIpc) is 3.66. The molecule has 0 aliphatic carbocycles. The van der Waals surface area contributed by atoms with Gasteiger partial charge in [-0.2, -0.15) is 5.10 Å². The molecule has 14 nitrogen and oxygen atoms in total. The Morgan fingerprint density at radius 1 is 1.14 bits per heavy atom. The van der Waals surface area contributed by atoms with Crippen molar-refractivity contribution in [3.8, 4) is 11.4 Å². The summed E-state index contributed by atoms with van der Waals surface area (Å²) in [6.45, 7) is -0.962. The van der Waals surface area contributed by atoms with Crippen LogP contribution in [0.5, 0.6) is 5.75 Å². The minimum absolute atomic E-state index is 0.0152. The molecule has 2 aromatic carbocycles. The number of aryl methyl sites for hydroxylation is 1. The molecule has 0 bridgehead atoms. The number of nitrogens with one attached hydrogen (secondary N) is 2. The van der Waals surface area contributed by atoms with Crippen molar-refractivity contribution in [2.24, 2.45) is 7.05 Å². The van der Waals surface area contributed by atoms with E-state index in [0.29, 0.717) is 10.7 Å². The first-order valence-electron chi connectivity index (χ1n) is 16.6. The normalized spacial score (nSPS) is 16.9. The van der Waals surface area contributed by atoms with Crippen LogP contribution >= 0.6 is 31.4 Å². The monoisotopic (exact) mass is 949 g/mol. The first-order chi connectivity index (χ1) is 26.9. The fourth-order valence-corrected chi connectivity index (χ4v) is 14.8. The topological polar surface area (TPSA) is 168 Å². The molecule has 57 heavy (non-hydrogen) atoms. The van der Waals surface area contributed by atoms with Crippen LogP contribution in [0.3, 0.4) is 0 Å². The Bertz CT molecular complexity index is 2830. The van der Waals surface area contributed by atoms with Crippen molar-refractivity contribution >= 4 is 75.1 Å². The van der Waals surface area contributed by atoms with Crippen LogP contribution in [0.4, 0.5) is 32.2 Å². The molecule has 8 rings (SSSR count). The molecular formula is C34H27ClF6IN9O5S. The van der Waals surface area contributed by atoms with Crippen LogP contribution in [0, 0.1) is 15.2 Å². The van der Waals surface area contributed by atoms with E-state index in [2.05, 4.69) is 30.2 Å². The second kappa shape index (κ2) is 13.9. The molecule has 4 aromatic heterocycles. The maximum absolute atomic E-state index is 15.4. The molecule has 1 fully saturated rings. The second-order valence-corrected chi connectivity index (χ2v) is 21.1. The molecule has 1 amide bonds. The number of halogens is 8. The van der Waals surface area contributed by atoms with Gasteiger partial charge in [0.2, 0.25) is 10.0 Å². The predicted molar refractivity (Wildman–Crippen MR) is 203 cm³/mol. The number of ether oxygens (including phenoxy) is 1. The van der Waals surface area contributed by atoms with Crippen LogP contribution in [-0.2, 0) is 40.8 Å². The van der Waals surface area contributed by atoms with Crippen LogP contribution in [0.1, 0.15) is 35.2 Å². The van der Waals surface area contributed by atoms with Crippen molar-refractivity contribution < 1.29 is 44.3 Å². The molecule has 0 saturated carbocycles. The number of aromatic nitrogens is 7. The standard InChI is InChI=1S/C34H27ClF6IN9O5S/c1-49-28-21(5-4-18(35)24(28)31(47-49)48-57(3,54)55)51-32(45-19-10-17(56-2)12-43-26(19)33(51)53)20(8-14-6-15(36)9-16(37)7-14)44-23(52)13-50-29-25(27(46-50)30(38)39)42-11-22(42)34(29,40)41/h4-7,9-10,12,20,22,30H,8,11,13H2,1-3H3,(H,44,52)(H,47,48)/t20-,22?/m0/s1. The second-order valence-electron chi connectivity index (χ2n) is 13.2. The molecule has 0 spiro atoms. The summed E-state index contributed by atoms with van der Waals surface area (Å²) in [5, 5.41) is 10.7. The molecule has 1 unspecified atom stereocenters. The Morgan fingerprint density at radius 3 is 2.53 bits per heavy atom. The third-order valence-electron chi connectivity index (χ3n) is 9.28. The predicted octanol–water partition coefficient (Wildman–Crippen LogP) is 5.38. The quantitative estimate of drug-likeness (QED) is 0.0986. The van der Waals surface area contributed by atoms with E-state index in [1.54, 1.807) is 0 Å². The van der Waals surface area contributed by atoms with Crippen LogP contribution in [0.25, 0.3) is 27.6 Å². The van der Waals surface area contributed by atoms with Crippen molar-refractivity contribution in [2.75, 3.05) is 22.5 Å². The Labute approximate surface area is 329 Å². The van der Waals surface area contributed by atoms with E-state index in [9.17, 15) is 35.6 Å². The summed E-state index contributed by atoms with van der Waals surface area (Å²) in [5.74, 6) is -6.79. The molecule has 2 atom stereocenters. The Balaban J connectivity index is 1.33. The number of alkyl halides is 6. The van der Waals surface area contributed by atoms with Gasteiger partial charge in [-0.1, -0.05) is 11.6 Å². The number of pyridine rings is 1. The molecule has 23 heteroatoms. The van der Waals surface area contributed by atoms with E-state index in [-0.39, 0.29) is 63.6 Å². The molecular weight excluding hydrogens is 923 g/mol. The third kappa shape index (κ3) is 6.83. The SMILES string of the molecule is COc1cnc2c(=O)n(-c3ccc(Cl)c4c(NS(C)(=O)=O)nn(C)c34)c([C@H](Cc3cc(F)cc(F)c3)NC(=O)Cn3nc(C(F)F)c4c3C(F)(F)C3CI43)nc2c1. The van der Waals surface area contributed by atoms with Gasteiger partial charge < -0.3 is 4.74 Å². The average molecular weight is 950 g/mol. The van der Waals surface area contributed by atoms with E-state index >= 15 is 8.78 Å². The number of benzene rings is 2. The Kier molecular flexibility index (Phi) is 9.45. The summed E-state index contributed by atoms with van der Waals surface area (Å²) >= 11 is 3.94. The number of anilines is 1. The van der Waals surface area contributed by atoms with Gasteiger partial charge in [-0.25, -0.2) is 8.42 Å². The number of nitrogens with zero attached hydrogens (tertiary/aromatic N) is 7. The summed E-state index contributed by atoms with van der Waals surface area (Å²) in [7, 11) is -1.13. The van der Waals surface area contributed by atoms with Gasteiger partial charge in [0, 0.05) is 7.05 Å². The summed E-state index contributed by atoms with van der Waals surface area (Å²) in [5.41, 5.74) is -2.59. The van der Waals surface area contributed by atoms with Gasteiger partial charge in [0.05, 0.1) is 24.6 Å². The van der Waals surface area contributed by atoms with Gasteiger partial charge in [-0.15, -0.1) is 0 Å². The first-order valence-corrected chi connectivity index (χ1v) is 22.7. The molecule has 6 heterocycles.